The van der Waals surface area contributed by atoms with Crippen LogP contribution >= 0.6 is 28.3 Å². The molecule has 0 fully saturated rings. The van der Waals surface area contributed by atoms with Gasteiger partial charge >= 0.3 is 0 Å². The topological polar surface area (TPSA) is 26.0 Å². The largest absolute Gasteiger partial charge is 0.324 e. The summed E-state index contributed by atoms with van der Waals surface area (Å²) in [6, 6.07) is 8.18. The molecule has 0 amide bonds. The van der Waals surface area contributed by atoms with Gasteiger partial charge in [0.25, 0.3) is 0 Å². The predicted molar refractivity (Wildman–Crippen MR) is 67.7 cm³/mol. The molecule has 78 valence electrons. The first-order valence-corrected chi connectivity index (χ1v) is 5.16. The van der Waals surface area contributed by atoms with E-state index in [2.05, 4.69) is 28.6 Å². The fourth-order valence-electron chi connectivity index (χ4n) is 1.23. The van der Waals surface area contributed by atoms with E-state index in [1.54, 1.807) is 0 Å². The molecule has 0 bridgehead atoms. The van der Waals surface area contributed by atoms with Crippen molar-refractivity contribution >= 4 is 28.3 Å². The van der Waals surface area contributed by atoms with Crippen LogP contribution in [-0.2, 0) is 0 Å². The molecular weight excluding hydrogens is 261 g/mol. The number of benzene rings is 1. The summed E-state index contributed by atoms with van der Waals surface area (Å²) >= 11 is 3.48. The maximum atomic E-state index is 6.00. The molecule has 1 atom stereocenters. The lowest BCUT2D eigenvalue weighted by atomic mass is 10.0. The molecule has 0 aliphatic carbocycles. The van der Waals surface area contributed by atoms with E-state index in [1.807, 2.05) is 24.3 Å². The van der Waals surface area contributed by atoms with Gasteiger partial charge in [0, 0.05) is 10.5 Å². The maximum Gasteiger partial charge on any atom is 0.0309 e. The van der Waals surface area contributed by atoms with Gasteiger partial charge in [-0.2, -0.15) is 0 Å². The Hall–Kier alpha value is -0.310. The third-order valence-corrected chi connectivity index (χ3v) is 2.71. The molecule has 3 heteroatoms. The lowest BCUT2D eigenvalue weighted by molar-refractivity contribution is 0.659. The van der Waals surface area contributed by atoms with Crippen molar-refractivity contribution in [2.24, 2.45) is 5.73 Å². The normalized spacial score (nSPS) is 11.6. The Labute approximate surface area is 99.9 Å². The van der Waals surface area contributed by atoms with Crippen molar-refractivity contribution in [2.45, 2.75) is 18.9 Å². The van der Waals surface area contributed by atoms with Crippen LogP contribution in [0.15, 0.2) is 41.4 Å². The lowest BCUT2D eigenvalue weighted by Crippen LogP contribution is -2.10. The standard InChI is InChI=1S/C11H14BrN.ClH/c1-2-3-8-11(13)9-6-4-5-7-10(9)12;/h2,4-7,11H,1,3,8,13H2;1H/t11-;/m1./s1. The average molecular weight is 277 g/mol. The highest BCUT2D eigenvalue weighted by Crippen LogP contribution is 2.24. The van der Waals surface area contributed by atoms with Crippen molar-refractivity contribution in [2.75, 3.05) is 0 Å². The van der Waals surface area contributed by atoms with Crippen LogP contribution in [0.1, 0.15) is 24.4 Å². The van der Waals surface area contributed by atoms with E-state index in [-0.39, 0.29) is 18.4 Å². The summed E-state index contributed by atoms with van der Waals surface area (Å²) in [6.45, 7) is 3.68. The van der Waals surface area contributed by atoms with E-state index < -0.39 is 0 Å². The Kier molecular flexibility index (Phi) is 6.89. The molecule has 1 nitrogen and oxygen atoms in total. The van der Waals surface area contributed by atoms with Crippen molar-refractivity contribution in [3.05, 3.63) is 47.0 Å². The van der Waals surface area contributed by atoms with Gasteiger partial charge in [0.15, 0.2) is 0 Å². The molecule has 0 saturated carbocycles. The number of hydrogen-bond acceptors (Lipinski definition) is 1. The maximum absolute atomic E-state index is 6.00. The Morgan fingerprint density at radius 1 is 1.43 bits per heavy atom. The molecule has 1 rings (SSSR count). The highest BCUT2D eigenvalue weighted by molar-refractivity contribution is 9.10. The van der Waals surface area contributed by atoms with Crippen LogP contribution in [0.25, 0.3) is 0 Å². The molecule has 2 N–H and O–H groups in total. The van der Waals surface area contributed by atoms with E-state index in [4.69, 9.17) is 5.73 Å². The third kappa shape index (κ3) is 3.82. The minimum absolute atomic E-state index is 0. The molecule has 1 aromatic rings. The molecule has 0 unspecified atom stereocenters. The first kappa shape index (κ1) is 13.7. The molecule has 0 aliphatic rings. The van der Waals surface area contributed by atoms with Crippen LogP contribution in [0, 0.1) is 0 Å². The van der Waals surface area contributed by atoms with Gasteiger partial charge in [-0.15, -0.1) is 19.0 Å². The van der Waals surface area contributed by atoms with Gasteiger partial charge in [-0.1, -0.05) is 40.2 Å². The monoisotopic (exact) mass is 275 g/mol. The van der Waals surface area contributed by atoms with Crippen molar-refractivity contribution in [3.8, 4) is 0 Å². The minimum atomic E-state index is 0. The Morgan fingerprint density at radius 2 is 2.07 bits per heavy atom. The summed E-state index contributed by atoms with van der Waals surface area (Å²) in [7, 11) is 0. The highest BCUT2D eigenvalue weighted by atomic mass is 79.9. The van der Waals surface area contributed by atoms with Gasteiger partial charge in [-0.25, -0.2) is 0 Å². The zero-order valence-electron chi connectivity index (χ0n) is 7.95. The quantitative estimate of drug-likeness (QED) is 0.831. The molecule has 14 heavy (non-hydrogen) atoms. The predicted octanol–water partition coefficient (Wildman–Crippen LogP) is 3.84. The van der Waals surface area contributed by atoms with Crippen LogP contribution < -0.4 is 5.73 Å². The molecule has 0 heterocycles. The molecule has 0 aliphatic heterocycles. The molecule has 1 aromatic carbocycles. The second-order valence-corrected chi connectivity index (χ2v) is 3.85. The van der Waals surface area contributed by atoms with Crippen LogP contribution in [0.3, 0.4) is 0 Å². The number of hydrogen-bond donors (Lipinski definition) is 1. The van der Waals surface area contributed by atoms with Crippen LogP contribution in [0.4, 0.5) is 0 Å². The van der Waals surface area contributed by atoms with E-state index in [1.165, 1.54) is 5.56 Å². The number of rotatable bonds is 4. The first-order valence-electron chi connectivity index (χ1n) is 4.36. The van der Waals surface area contributed by atoms with E-state index in [9.17, 15) is 0 Å². The molecule has 0 aromatic heterocycles. The zero-order chi connectivity index (χ0) is 9.68. The fraction of sp³-hybridized carbons (Fsp3) is 0.273. The highest BCUT2D eigenvalue weighted by Gasteiger charge is 2.07. The lowest BCUT2D eigenvalue weighted by Gasteiger charge is -2.12. The van der Waals surface area contributed by atoms with Crippen LogP contribution in [0.2, 0.25) is 0 Å². The van der Waals surface area contributed by atoms with E-state index >= 15 is 0 Å². The summed E-state index contributed by atoms with van der Waals surface area (Å²) in [4.78, 5) is 0. The zero-order valence-corrected chi connectivity index (χ0v) is 10.4. The molecule has 0 saturated heterocycles. The Morgan fingerprint density at radius 3 is 2.64 bits per heavy atom. The van der Waals surface area contributed by atoms with Gasteiger partial charge in [-0.05, 0) is 24.5 Å². The molecular formula is C11H15BrClN. The second kappa shape index (κ2) is 7.04. The SMILES string of the molecule is C=CCC[C@@H](N)c1ccccc1Br.Cl. The average Bonchev–Trinajstić information content (AvgIpc) is 2.15. The van der Waals surface area contributed by atoms with Crippen molar-refractivity contribution in [1.29, 1.82) is 0 Å². The number of nitrogens with two attached hydrogens (primary N) is 1. The van der Waals surface area contributed by atoms with Gasteiger partial charge < -0.3 is 5.73 Å². The van der Waals surface area contributed by atoms with Gasteiger partial charge in [0.2, 0.25) is 0 Å². The first-order chi connectivity index (χ1) is 6.25. The smallest absolute Gasteiger partial charge is 0.0309 e. The second-order valence-electron chi connectivity index (χ2n) is 2.99. The van der Waals surface area contributed by atoms with Crippen molar-refractivity contribution < 1.29 is 0 Å². The fourth-order valence-corrected chi connectivity index (χ4v) is 1.81. The van der Waals surface area contributed by atoms with Crippen LogP contribution in [-0.4, -0.2) is 0 Å². The number of allylic oxidation sites excluding steroid dienone is 1. The van der Waals surface area contributed by atoms with Crippen molar-refractivity contribution in [1.82, 2.24) is 0 Å². The summed E-state index contributed by atoms with van der Waals surface area (Å²) in [5.41, 5.74) is 7.17. The minimum Gasteiger partial charge on any atom is -0.324 e. The molecule has 0 spiro atoms. The van der Waals surface area contributed by atoms with Gasteiger partial charge in [0.05, 0.1) is 0 Å². The summed E-state index contributed by atoms with van der Waals surface area (Å²) in [5, 5.41) is 0. The third-order valence-electron chi connectivity index (χ3n) is 1.99. The summed E-state index contributed by atoms with van der Waals surface area (Å²) < 4.78 is 1.09. The van der Waals surface area contributed by atoms with E-state index in [0.717, 1.165) is 17.3 Å². The van der Waals surface area contributed by atoms with E-state index in [0.29, 0.717) is 0 Å². The molecule has 0 radical (unpaired) electrons. The summed E-state index contributed by atoms with van der Waals surface area (Å²) in [5.74, 6) is 0. The Bertz CT molecular complexity index is 288. The Balaban J connectivity index is 0.00000169. The number of halogens is 2. The van der Waals surface area contributed by atoms with Gasteiger partial charge in [0.1, 0.15) is 0 Å². The summed E-state index contributed by atoms with van der Waals surface area (Å²) in [6.07, 6.45) is 3.81. The van der Waals surface area contributed by atoms with Gasteiger partial charge in [-0.3, -0.25) is 0 Å². The van der Waals surface area contributed by atoms with Crippen molar-refractivity contribution in [3.63, 3.8) is 0 Å². The van der Waals surface area contributed by atoms with Crippen LogP contribution in [0.5, 0.6) is 0 Å².